The van der Waals surface area contributed by atoms with Gasteiger partial charge < -0.3 is 11.8 Å². The summed E-state index contributed by atoms with van der Waals surface area (Å²) in [4.78, 5) is 0. The van der Waals surface area contributed by atoms with Crippen LogP contribution >= 0.6 is 0 Å². The standard InChI is InChI=1S/2C4H9.La/c2*1-4(2)3;/h2*1-3H3;/q2*-1;. The van der Waals surface area contributed by atoms with E-state index in [1.54, 1.807) is 0 Å². The van der Waals surface area contributed by atoms with Crippen molar-refractivity contribution in [3.05, 3.63) is 11.8 Å². The van der Waals surface area contributed by atoms with Crippen molar-refractivity contribution in [1.29, 1.82) is 0 Å². The molecule has 0 aliphatic carbocycles. The number of rotatable bonds is 0. The zero-order valence-electron chi connectivity index (χ0n) is 7.58. The van der Waals surface area contributed by atoms with Crippen LogP contribution in [0.2, 0.25) is 0 Å². The Morgan fingerprint density at radius 2 is 0.556 bits per heavy atom. The van der Waals surface area contributed by atoms with Crippen LogP contribution in [0.4, 0.5) is 0 Å². The molecule has 0 unspecified atom stereocenters. The molecule has 0 fully saturated rings. The first kappa shape index (κ1) is 16.7. The fourth-order valence-electron chi connectivity index (χ4n) is 0. The maximum absolute atomic E-state index is 2.08. The van der Waals surface area contributed by atoms with E-state index < -0.39 is 0 Å². The molecule has 0 N–H and O–H groups in total. The molecule has 0 aromatic rings. The first-order chi connectivity index (χ1) is 3.46. The molecule has 0 aliphatic rings. The Bertz CT molecular complexity index is 20.0. The quantitative estimate of drug-likeness (QED) is 0.581. The van der Waals surface area contributed by atoms with Gasteiger partial charge >= 0.3 is 0 Å². The fourth-order valence-corrected chi connectivity index (χ4v) is 0. The zero-order valence-corrected chi connectivity index (χ0v) is 11.2. The third-order valence-electron chi connectivity index (χ3n) is 0. The largest absolute Gasteiger partial charge is 0.323 e. The van der Waals surface area contributed by atoms with E-state index >= 15 is 0 Å². The van der Waals surface area contributed by atoms with Crippen LogP contribution in [0.25, 0.3) is 0 Å². The van der Waals surface area contributed by atoms with Gasteiger partial charge in [0.05, 0.1) is 0 Å². The average molecular weight is 253 g/mol. The minimum Gasteiger partial charge on any atom is -0.323 e. The minimum atomic E-state index is 0. The maximum Gasteiger partial charge on any atom is 0 e. The summed E-state index contributed by atoms with van der Waals surface area (Å²) in [7, 11) is 0. The molecule has 0 aromatic carbocycles. The Morgan fingerprint density at radius 3 is 0.556 bits per heavy atom. The molecule has 0 rings (SSSR count). The SMILES string of the molecule is C[C-](C)C.C[C-](C)C.[La]. The van der Waals surface area contributed by atoms with Crippen molar-refractivity contribution in [2.24, 2.45) is 0 Å². The Kier molecular flexibility index (Phi) is 22.1. The van der Waals surface area contributed by atoms with E-state index in [2.05, 4.69) is 41.5 Å². The summed E-state index contributed by atoms with van der Waals surface area (Å²) in [6.45, 7) is 12.5. The fraction of sp³-hybridized carbons (Fsp3) is 0.750. The molecule has 0 heterocycles. The summed E-state index contributed by atoms with van der Waals surface area (Å²) in [5, 5.41) is 0. The van der Waals surface area contributed by atoms with Crippen LogP contribution in [0.15, 0.2) is 0 Å². The average Bonchev–Trinajstić information content (AvgIpc) is 1.25. The molecule has 0 bridgehead atoms. The predicted octanol–water partition coefficient (Wildman–Crippen LogP) is 3.24. The molecule has 9 heavy (non-hydrogen) atoms. The molecule has 55 valence electrons. The Morgan fingerprint density at radius 1 is 0.556 bits per heavy atom. The van der Waals surface area contributed by atoms with E-state index in [9.17, 15) is 0 Å². The first-order valence-corrected chi connectivity index (χ1v) is 3.00. The number of hydrogen-bond acceptors (Lipinski definition) is 0. The van der Waals surface area contributed by atoms with Gasteiger partial charge in [-0.3, -0.25) is 0 Å². The summed E-state index contributed by atoms with van der Waals surface area (Å²) < 4.78 is 0. The Balaban J connectivity index is -0.0000000720. The van der Waals surface area contributed by atoms with Crippen LogP contribution in [-0.2, 0) is 0 Å². The molecule has 0 aromatic heterocycles. The number of hydrogen-bond donors (Lipinski definition) is 0. The summed E-state index contributed by atoms with van der Waals surface area (Å²) in [5.74, 6) is 2.83. The van der Waals surface area contributed by atoms with Crippen LogP contribution < -0.4 is 0 Å². The van der Waals surface area contributed by atoms with Gasteiger partial charge in [-0.05, 0) is 0 Å². The van der Waals surface area contributed by atoms with Gasteiger partial charge in [-0.15, -0.1) is 0 Å². The van der Waals surface area contributed by atoms with E-state index in [4.69, 9.17) is 0 Å². The third kappa shape index (κ3) is 333. The monoisotopic (exact) mass is 253 g/mol. The summed E-state index contributed by atoms with van der Waals surface area (Å²) in [6, 6.07) is 0. The van der Waals surface area contributed by atoms with Crippen molar-refractivity contribution >= 4 is 0 Å². The molecule has 1 radical (unpaired) electrons. The predicted molar refractivity (Wildman–Crippen MR) is 40.5 cm³/mol. The van der Waals surface area contributed by atoms with Gasteiger partial charge in [0.15, 0.2) is 0 Å². The Hall–Kier alpha value is 1.19. The van der Waals surface area contributed by atoms with Gasteiger partial charge in [0.2, 0.25) is 0 Å². The van der Waals surface area contributed by atoms with E-state index in [0.717, 1.165) is 0 Å². The van der Waals surface area contributed by atoms with Crippen molar-refractivity contribution < 1.29 is 35.6 Å². The van der Waals surface area contributed by atoms with E-state index in [1.807, 2.05) is 0 Å². The van der Waals surface area contributed by atoms with E-state index in [-0.39, 0.29) is 35.6 Å². The second-order valence-electron chi connectivity index (χ2n) is 3.00. The molecule has 0 saturated heterocycles. The van der Waals surface area contributed by atoms with Crippen molar-refractivity contribution in [3.63, 3.8) is 0 Å². The zero-order chi connectivity index (χ0) is 7.15. The van der Waals surface area contributed by atoms with Crippen molar-refractivity contribution in [2.75, 3.05) is 0 Å². The van der Waals surface area contributed by atoms with Crippen LogP contribution in [-0.4, -0.2) is 0 Å². The molecule has 0 nitrogen and oxygen atoms in total. The van der Waals surface area contributed by atoms with Gasteiger partial charge in [0.25, 0.3) is 0 Å². The Labute approximate surface area is 88.4 Å². The van der Waals surface area contributed by atoms with E-state index in [0.29, 0.717) is 0 Å². The van der Waals surface area contributed by atoms with Gasteiger partial charge in [0.1, 0.15) is 0 Å². The molecular formula is C8H18La-2. The first-order valence-electron chi connectivity index (χ1n) is 3.00. The van der Waals surface area contributed by atoms with Crippen LogP contribution in [0.3, 0.4) is 0 Å². The molecule has 0 spiro atoms. The van der Waals surface area contributed by atoms with Crippen molar-refractivity contribution in [1.82, 2.24) is 0 Å². The van der Waals surface area contributed by atoms with Gasteiger partial charge in [0, 0.05) is 35.6 Å². The van der Waals surface area contributed by atoms with Crippen LogP contribution in [0.1, 0.15) is 41.5 Å². The minimum absolute atomic E-state index is 0. The molecule has 0 aliphatic heterocycles. The summed E-state index contributed by atoms with van der Waals surface area (Å²) in [5.41, 5.74) is 0. The normalized spacial score (nSPS) is 8.00. The molecule has 0 saturated carbocycles. The van der Waals surface area contributed by atoms with Crippen molar-refractivity contribution in [3.8, 4) is 0 Å². The van der Waals surface area contributed by atoms with Crippen LogP contribution in [0.5, 0.6) is 0 Å². The van der Waals surface area contributed by atoms with Gasteiger partial charge in [-0.2, -0.15) is 41.5 Å². The summed E-state index contributed by atoms with van der Waals surface area (Å²) in [6.07, 6.45) is 0. The van der Waals surface area contributed by atoms with Gasteiger partial charge in [-0.1, -0.05) is 0 Å². The molecule has 0 amide bonds. The molecule has 0 atom stereocenters. The molecule has 1 heteroatoms. The topological polar surface area (TPSA) is 0 Å². The smallest absolute Gasteiger partial charge is 0 e. The maximum atomic E-state index is 2.08. The second-order valence-corrected chi connectivity index (χ2v) is 3.00. The molecular weight excluding hydrogens is 235 g/mol. The van der Waals surface area contributed by atoms with Gasteiger partial charge in [-0.25, -0.2) is 0 Å². The second kappa shape index (κ2) is 11.9. The summed E-state index contributed by atoms with van der Waals surface area (Å²) >= 11 is 0. The van der Waals surface area contributed by atoms with E-state index in [1.165, 1.54) is 11.8 Å². The third-order valence-corrected chi connectivity index (χ3v) is 0. The van der Waals surface area contributed by atoms with Crippen LogP contribution in [0, 0.1) is 47.4 Å². The van der Waals surface area contributed by atoms with Crippen molar-refractivity contribution in [2.45, 2.75) is 41.5 Å².